The molecule has 0 aliphatic carbocycles. The first kappa shape index (κ1) is 14.4. The Balaban J connectivity index is 2.12. The molecule has 0 unspecified atom stereocenters. The van der Waals surface area contributed by atoms with Crippen molar-refractivity contribution >= 4 is 23.3 Å². The van der Waals surface area contributed by atoms with Gasteiger partial charge in [0.15, 0.2) is 0 Å². The summed E-state index contributed by atoms with van der Waals surface area (Å²) in [7, 11) is 1.33. The monoisotopic (exact) mass is 293 g/mol. The molecule has 0 fully saturated rings. The maximum atomic E-state index is 11.6. The highest BCUT2D eigenvalue weighted by molar-refractivity contribution is 6.33. The van der Waals surface area contributed by atoms with Gasteiger partial charge in [0.2, 0.25) is 0 Å². The molecule has 0 aliphatic heterocycles. The summed E-state index contributed by atoms with van der Waals surface area (Å²) in [6.45, 7) is 3.47. The summed E-state index contributed by atoms with van der Waals surface area (Å²) in [5.74, 6) is -0.447. The van der Waals surface area contributed by atoms with Gasteiger partial charge in [0.25, 0.3) is 0 Å². The molecule has 1 heterocycles. The highest BCUT2D eigenvalue weighted by atomic mass is 35.5. The molecule has 0 atom stereocenters. The number of ether oxygens (including phenoxy) is 1. The topological polar surface area (TPSA) is 56.2 Å². The van der Waals surface area contributed by atoms with Gasteiger partial charge in [0, 0.05) is 18.4 Å². The molecule has 106 valence electrons. The summed E-state index contributed by atoms with van der Waals surface area (Å²) >= 11 is 5.97. The van der Waals surface area contributed by atoms with Crippen molar-refractivity contribution in [2.24, 2.45) is 0 Å². The Morgan fingerprint density at radius 2 is 2.25 bits per heavy atom. The Hall–Kier alpha value is -2.01. The van der Waals surface area contributed by atoms with E-state index in [1.807, 2.05) is 23.7 Å². The number of hydrogen-bond donors (Lipinski definition) is 1. The molecule has 0 radical (unpaired) electrons. The molecular weight excluding hydrogens is 278 g/mol. The van der Waals surface area contributed by atoms with Crippen LogP contribution in [0.3, 0.4) is 0 Å². The van der Waals surface area contributed by atoms with E-state index >= 15 is 0 Å². The second-order valence-electron chi connectivity index (χ2n) is 4.18. The number of nitrogens with zero attached hydrogens (tertiary/aromatic N) is 2. The zero-order valence-electron chi connectivity index (χ0n) is 11.4. The van der Waals surface area contributed by atoms with Gasteiger partial charge in [-0.3, -0.25) is 4.68 Å². The Morgan fingerprint density at radius 1 is 1.45 bits per heavy atom. The van der Waals surface area contributed by atoms with Crippen molar-refractivity contribution in [1.82, 2.24) is 9.78 Å². The SMILES string of the molecule is CCn1nccc1CNc1ccc(Cl)c(C(=O)OC)c1. The largest absolute Gasteiger partial charge is 0.465 e. The normalized spacial score (nSPS) is 10.3. The number of aromatic nitrogens is 2. The standard InChI is InChI=1S/C14H16ClN3O2/c1-3-18-11(6-7-17-18)9-16-10-4-5-13(15)12(8-10)14(19)20-2/h4-8,16H,3,9H2,1-2H3. The Kier molecular flexibility index (Phi) is 4.63. The lowest BCUT2D eigenvalue weighted by Crippen LogP contribution is -2.09. The molecule has 6 heteroatoms. The number of hydrogen-bond acceptors (Lipinski definition) is 4. The van der Waals surface area contributed by atoms with Crippen molar-refractivity contribution in [3.63, 3.8) is 0 Å². The van der Waals surface area contributed by atoms with Gasteiger partial charge in [-0.15, -0.1) is 0 Å². The van der Waals surface area contributed by atoms with E-state index in [2.05, 4.69) is 10.4 Å². The van der Waals surface area contributed by atoms with Crippen LogP contribution in [-0.2, 0) is 17.8 Å². The quantitative estimate of drug-likeness (QED) is 0.861. The Morgan fingerprint density at radius 3 is 2.95 bits per heavy atom. The molecule has 0 saturated carbocycles. The van der Waals surface area contributed by atoms with E-state index in [1.165, 1.54) is 7.11 Å². The number of carbonyl (C=O) groups is 1. The number of anilines is 1. The maximum absolute atomic E-state index is 11.6. The minimum absolute atomic E-state index is 0.350. The molecule has 0 spiro atoms. The van der Waals surface area contributed by atoms with E-state index in [0.29, 0.717) is 17.1 Å². The third-order valence-corrected chi connectivity index (χ3v) is 3.28. The zero-order chi connectivity index (χ0) is 14.5. The van der Waals surface area contributed by atoms with Crippen molar-refractivity contribution in [3.05, 3.63) is 46.7 Å². The van der Waals surface area contributed by atoms with Crippen LogP contribution in [0.4, 0.5) is 5.69 Å². The predicted molar refractivity (Wildman–Crippen MR) is 78.0 cm³/mol. The molecule has 5 nitrogen and oxygen atoms in total. The number of halogens is 1. The summed E-state index contributed by atoms with van der Waals surface area (Å²) in [6.07, 6.45) is 1.77. The smallest absolute Gasteiger partial charge is 0.339 e. The number of nitrogens with one attached hydrogen (secondary N) is 1. The van der Waals surface area contributed by atoms with Gasteiger partial charge in [-0.1, -0.05) is 11.6 Å². The molecule has 1 aromatic heterocycles. The Bertz CT molecular complexity index is 610. The molecule has 0 bridgehead atoms. The minimum Gasteiger partial charge on any atom is -0.465 e. The van der Waals surface area contributed by atoms with Crippen molar-refractivity contribution in [2.75, 3.05) is 12.4 Å². The number of aryl methyl sites for hydroxylation is 1. The molecule has 1 N–H and O–H groups in total. The minimum atomic E-state index is -0.447. The average molecular weight is 294 g/mol. The van der Waals surface area contributed by atoms with Gasteiger partial charge in [-0.25, -0.2) is 4.79 Å². The third kappa shape index (κ3) is 3.11. The van der Waals surface area contributed by atoms with Gasteiger partial charge in [0.05, 0.1) is 29.9 Å². The van der Waals surface area contributed by atoms with E-state index in [4.69, 9.17) is 16.3 Å². The number of rotatable bonds is 5. The number of methoxy groups -OCH3 is 1. The molecule has 0 saturated heterocycles. The van der Waals surface area contributed by atoms with Crippen LogP contribution in [0.5, 0.6) is 0 Å². The van der Waals surface area contributed by atoms with E-state index in [0.717, 1.165) is 17.9 Å². The van der Waals surface area contributed by atoms with Crippen molar-refractivity contribution in [2.45, 2.75) is 20.0 Å². The van der Waals surface area contributed by atoms with Crippen LogP contribution < -0.4 is 5.32 Å². The van der Waals surface area contributed by atoms with Crippen LogP contribution in [0.25, 0.3) is 0 Å². The lowest BCUT2D eigenvalue weighted by molar-refractivity contribution is 0.0601. The fraction of sp³-hybridized carbons (Fsp3) is 0.286. The van der Waals surface area contributed by atoms with Crippen molar-refractivity contribution in [3.8, 4) is 0 Å². The molecule has 0 aliphatic rings. The van der Waals surface area contributed by atoms with Crippen molar-refractivity contribution in [1.29, 1.82) is 0 Å². The van der Waals surface area contributed by atoms with Crippen molar-refractivity contribution < 1.29 is 9.53 Å². The lowest BCUT2D eigenvalue weighted by Gasteiger charge is -2.10. The fourth-order valence-electron chi connectivity index (χ4n) is 1.89. The Labute approximate surface area is 122 Å². The van der Waals surface area contributed by atoms with Gasteiger partial charge >= 0.3 is 5.97 Å². The highest BCUT2D eigenvalue weighted by Gasteiger charge is 2.11. The maximum Gasteiger partial charge on any atom is 0.339 e. The summed E-state index contributed by atoms with van der Waals surface area (Å²) in [5.41, 5.74) is 2.23. The van der Waals surface area contributed by atoms with E-state index in [9.17, 15) is 4.79 Å². The van der Waals surface area contributed by atoms with Crippen LogP contribution in [0, 0.1) is 0 Å². The van der Waals surface area contributed by atoms with Crippen LogP contribution in [0.15, 0.2) is 30.5 Å². The summed E-state index contributed by atoms with van der Waals surface area (Å²) in [4.78, 5) is 11.6. The van der Waals surface area contributed by atoms with Gasteiger partial charge in [-0.05, 0) is 31.2 Å². The van der Waals surface area contributed by atoms with E-state index in [1.54, 1.807) is 18.3 Å². The van der Waals surface area contributed by atoms with Gasteiger partial charge in [0.1, 0.15) is 0 Å². The predicted octanol–water partition coefficient (Wildman–Crippen LogP) is 2.96. The van der Waals surface area contributed by atoms with Crippen LogP contribution in [0.2, 0.25) is 5.02 Å². The summed E-state index contributed by atoms with van der Waals surface area (Å²) in [5, 5.41) is 7.82. The summed E-state index contributed by atoms with van der Waals surface area (Å²) < 4.78 is 6.60. The second-order valence-corrected chi connectivity index (χ2v) is 4.59. The molecular formula is C14H16ClN3O2. The number of esters is 1. The average Bonchev–Trinajstić information content (AvgIpc) is 2.93. The molecule has 2 aromatic rings. The first-order valence-electron chi connectivity index (χ1n) is 6.28. The number of carbonyl (C=O) groups excluding carboxylic acids is 1. The molecule has 1 aromatic carbocycles. The van der Waals surface area contributed by atoms with Crippen LogP contribution >= 0.6 is 11.6 Å². The zero-order valence-corrected chi connectivity index (χ0v) is 12.1. The van der Waals surface area contributed by atoms with Crippen LogP contribution in [0.1, 0.15) is 23.0 Å². The summed E-state index contributed by atoms with van der Waals surface area (Å²) in [6, 6.07) is 7.13. The van der Waals surface area contributed by atoms with Crippen LogP contribution in [-0.4, -0.2) is 22.9 Å². The second kappa shape index (κ2) is 6.43. The first-order valence-corrected chi connectivity index (χ1v) is 6.66. The third-order valence-electron chi connectivity index (χ3n) is 2.95. The van der Waals surface area contributed by atoms with E-state index < -0.39 is 5.97 Å². The van der Waals surface area contributed by atoms with E-state index in [-0.39, 0.29) is 0 Å². The highest BCUT2D eigenvalue weighted by Crippen LogP contribution is 2.21. The first-order chi connectivity index (χ1) is 9.65. The lowest BCUT2D eigenvalue weighted by atomic mass is 10.2. The van der Waals surface area contributed by atoms with Gasteiger partial charge < -0.3 is 10.1 Å². The molecule has 0 amide bonds. The number of benzene rings is 1. The molecule has 20 heavy (non-hydrogen) atoms. The molecule has 2 rings (SSSR count). The fourth-order valence-corrected chi connectivity index (χ4v) is 2.08. The van der Waals surface area contributed by atoms with Gasteiger partial charge in [-0.2, -0.15) is 5.10 Å².